The lowest BCUT2D eigenvalue weighted by atomic mass is 9.85. The number of benzene rings is 1. The van der Waals surface area contributed by atoms with Gasteiger partial charge in [-0.3, -0.25) is 23.9 Å². The second-order valence-electron chi connectivity index (χ2n) is 15.3. The predicted molar refractivity (Wildman–Crippen MR) is 196 cm³/mol. The second-order valence-corrected chi connectivity index (χ2v) is 17.5. The quantitative estimate of drug-likeness (QED) is 0.233. The van der Waals surface area contributed by atoms with E-state index in [0.29, 0.717) is 48.6 Å². The van der Waals surface area contributed by atoms with E-state index in [9.17, 15) is 37.5 Å². The minimum atomic E-state index is -4.03. The number of aromatic nitrogens is 1. The number of amides is 5. The molecule has 6 N–H and O–H groups in total. The van der Waals surface area contributed by atoms with Gasteiger partial charge in [0.1, 0.15) is 29.5 Å². The summed E-state index contributed by atoms with van der Waals surface area (Å²) in [5, 5.41) is 15.9. The van der Waals surface area contributed by atoms with Crippen molar-refractivity contribution in [3.63, 3.8) is 0 Å². The number of nitrogens with two attached hydrogens (primary N) is 1. The van der Waals surface area contributed by atoms with Crippen LogP contribution in [0.5, 0.6) is 11.6 Å². The maximum atomic E-state index is 14.5. The number of hydrogen-bond donors (Lipinski definition) is 5. The van der Waals surface area contributed by atoms with Crippen molar-refractivity contribution in [3.05, 3.63) is 42.1 Å². The number of rotatable bonds is 9. The van der Waals surface area contributed by atoms with Gasteiger partial charge in [0.25, 0.3) is 11.8 Å². The summed E-state index contributed by atoms with van der Waals surface area (Å²) in [4.78, 5) is 72.8. The predicted octanol–water partition coefficient (Wildman–Crippen LogP) is 2.60. The van der Waals surface area contributed by atoms with E-state index in [1.807, 2.05) is 26.0 Å². The molecular formula is C37H48N6O10S. The summed E-state index contributed by atoms with van der Waals surface area (Å²) >= 11 is 0. The molecular weight excluding hydrogens is 721 g/mol. The van der Waals surface area contributed by atoms with Crippen molar-refractivity contribution in [1.82, 2.24) is 25.2 Å². The number of allylic oxidation sites excluding steroid dienone is 1. The van der Waals surface area contributed by atoms with E-state index in [2.05, 4.69) is 20.3 Å². The number of sulfonamides is 1. The van der Waals surface area contributed by atoms with Gasteiger partial charge in [-0.05, 0) is 75.5 Å². The molecule has 1 aromatic heterocycles. The summed E-state index contributed by atoms with van der Waals surface area (Å²) in [6.45, 7) is 5.32. The third-order valence-electron chi connectivity index (χ3n) is 11.5. The molecule has 2 aromatic rings. The van der Waals surface area contributed by atoms with E-state index in [0.717, 1.165) is 6.42 Å². The van der Waals surface area contributed by atoms with Gasteiger partial charge in [-0.1, -0.05) is 32.4 Å². The molecule has 7 atom stereocenters. The number of ether oxygens (including phenoxy) is 2. The number of nitrogens with zero attached hydrogens (tertiary/aromatic N) is 2. The first kappa shape index (κ1) is 38.8. The molecule has 2 saturated carbocycles. The van der Waals surface area contributed by atoms with E-state index in [1.54, 1.807) is 25.1 Å². The Balaban J connectivity index is 1.37. The number of pyridine rings is 1. The van der Waals surface area contributed by atoms with Crippen LogP contribution in [-0.2, 0) is 24.4 Å². The van der Waals surface area contributed by atoms with Crippen LogP contribution in [-0.4, -0.2) is 95.3 Å². The zero-order valence-corrected chi connectivity index (χ0v) is 31.6. The Morgan fingerprint density at radius 3 is 2.56 bits per heavy atom. The summed E-state index contributed by atoms with van der Waals surface area (Å²) < 4.78 is 39.1. The molecule has 2 aliphatic heterocycles. The Morgan fingerprint density at radius 2 is 1.91 bits per heavy atom. The highest BCUT2D eigenvalue weighted by atomic mass is 32.2. The lowest BCUT2D eigenvalue weighted by Gasteiger charge is -2.33. The lowest BCUT2D eigenvalue weighted by molar-refractivity contribution is -0.142. The maximum absolute atomic E-state index is 14.5. The molecule has 5 amide bonds. The number of carbonyl (C=O) groups is 5. The molecule has 54 heavy (non-hydrogen) atoms. The molecule has 1 saturated heterocycles. The second kappa shape index (κ2) is 14.7. The molecule has 3 heterocycles. The number of carboxylic acid groups (broad SMARTS) is 1. The minimum absolute atomic E-state index is 0.0734. The number of fused-ring (bicyclic) bond motifs is 3. The van der Waals surface area contributed by atoms with Crippen molar-refractivity contribution in [2.75, 3.05) is 13.7 Å². The number of carbonyl (C=O) groups excluding carboxylic acids is 4. The molecule has 0 radical (unpaired) electrons. The van der Waals surface area contributed by atoms with Gasteiger partial charge < -0.3 is 35.8 Å². The Labute approximate surface area is 313 Å². The van der Waals surface area contributed by atoms with E-state index in [4.69, 9.17) is 15.2 Å². The van der Waals surface area contributed by atoms with Gasteiger partial charge >= 0.3 is 6.09 Å². The number of methoxy groups -OCH3 is 1. The SMILES string of the molecule is CC[C@@H]1C[C@H](C)CC/C=C/[C@@H]2C[C@@]2(C(=O)NS(=O)(=O)C2(C)CC2)NC(=O)[C@@H]2C[C@@H](Oc3ncc(C(N)=O)c4cc(OC)ccc34)CN2C(=O)[C@H]1NC(=O)O. The molecule has 0 bridgehead atoms. The Bertz CT molecular complexity index is 2000. The zero-order valence-electron chi connectivity index (χ0n) is 30.8. The van der Waals surface area contributed by atoms with Gasteiger partial charge in [-0.2, -0.15) is 0 Å². The highest BCUT2D eigenvalue weighted by molar-refractivity contribution is 7.91. The molecule has 3 fully saturated rings. The topological polar surface area (TPSA) is 236 Å². The molecule has 2 aliphatic carbocycles. The van der Waals surface area contributed by atoms with Crippen LogP contribution >= 0.6 is 0 Å². The molecule has 1 aromatic carbocycles. The molecule has 0 unspecified atom stereocenters. The third kappa shape index (κ3) is 7.54. The van der Waals surface area contributed by atoms with Crippen molar-refractivity contribution in [3.8, 4) is 11.6 Å². The number of primary amides is 1. The van der Waals surface area contributed by atoms with E-state index >= 15 is 0 Å². The summed E-state index contributed by atoms with van der Waals surface area (Å²) in [7, 11) is -2.56. The molecule has 4 aliphatic rings. The average Bonchev–Trinajstić information content (AvgIpc) is 4.00. The average molecular weight is 769 g/mol. The molecule has 16 nitrogen and oxygen atoms in total. The fraction of sp³-hybridized carbons (Fsp3) is 0.568. The third-order valence-corrected chi connectivity index (χ3v) is 13.6. The smallest absolute Gasteiger partial charge is 0.405 e. The molecule has 292 valence electrons. The summed E-state index contributed by atoms with van der Waals surface area (Å²) in [5.74, 6) is -3.16. The molecule has 17 heteroatoms. The largest absolute Gasteiger partial charge is 0.497 e. The monoisotopic (exact) mass is 768 g/mol. The fourth-order valence-corrected chi connectivity index (χ4v) is 9.03. The van der Waals surface area contributed by atoms with Crippen LogP contribution in [0.25, 0.3) is 10.8 Å². The van der Waals surface area contributed by atoms with Crippen LogP contribution in [0.15, 0.2) is 36.5 Å². The first-order valence-corrected chi connectivity index (χ1v) is 19.8. The van der Waals surface area contributed by atoms with Gasteiger partial charge in [0, 0.05) is 29.3 Å². The van der Waals surface area contributed by atoms with Crippen LogP contribution in [0.2, 0.25) is 0 Å². The van der Waals surface area contributed by atoms with Crippen LogP contribution in [0, 0.1) is 17.8 Å². The molecule has 0 spiro atoms. The summed E-state index contributed by atoms with van der Waals surface area (Å²) in [5.41, 5.74) is 4.16. The number of hydrogen-bond acceptors (Lipinski definition) is 10. The van der Waals surface area contributed by atoms with Gasteiger partial charge in [0.15, 0.2) is 0 Å². The highest BCUT2D eigenvalue weighted by Gasteiger charge is 2.63. The van der Waals surface area contributed by atoms with Crippen LogP contribution in [0.3, 0.4) is 0 Å². The van der Waals surface area contributed by atoms with Crippen molar-refractivity contribution in [2.24, 2.45) is 23.5 Å². The van der Waals surface area contributed by atoms with E-state index in [1.165, 1.54) is 18.2 Å². The Hall–Kier alpha value is -4.93. The fourth-order valence-electron chi connectivity index (χ4n) is 7.72. The minimum Gasteiger partial charge on any atom is -0.497 e. The summed E-state index contributed by atoms with van der Waals surface area (Å²) in [6.07, 6.45) is 6.02. The summed E-state index contributed by atoms with van der Waals surface area (Å²) in [6, 6.07) is 2.49. The molecule has 6 rings (SSSR count). The Kier molecular flexibility index (Phi) is 10.6. The van der Waals surface area contributed by atoms with Crippen LogP contribution < -0.4 is 30.6 Å². The highest BCUT2D eigenvalue weighted by Crippen LogP contribution is 2.47. The maximum Gasteiger partial charge on any atom is 0.405 e. The van der Waals surface area contributed by atoms with Gasteiger partial charge in [-0.15, -0.1) is 0 Å². The van der Waals surface area contributed by atoms with E-state index in [-0.39, 0.29) is 36.7 Å². The lowest BCUT2D eigenvalue weighted by Crippen LogP contribution is -2.59. The van der Waals surface area contributed by atoms with Crippen molar-refractivity contribution >= 4 is 50.5 Å². The van der Waals surface area contributed by atoms with Crippen molar-refractivity contribution in [2.45, 2.75) is 101 Å². The van der Waals surface area contributed by atoms with Crippen LogP contribution in [0.4, 0.5) is 4.79 Å². The Morgan fingerprint density at radius 1 is 1.17 bits per heavy atom. The first-order chi connectivity index (χ1) is 25.5. The van der Waals surface area contributed by atoms with Gasteiger partial charge in [0.2, 0.25) is 27.7 Å². The van der Waals surface area contributed by atoms with Crippen LogP contribution in [0.1, 0.15) is 82.5 Å². The van der Waals surface area contributed by atoms with Gasteiger partial charge in [0.05, 0.1) is 24.0 Å². The van der Waals surface area contributed by atoms with E-state index < -0.39 is 80.1 Å². The zero-order chi connectivity index (χ0) is 39.2. The number of nitrogens with one attached hydrogen (secondary N) is 3. The normalized spacial score (nSPS) is 30.0. The van der Waals surface area contributed by atoms with Crippen molar-refractivity contribution in [1.29, 1.82) is 0 Å². The van der Waals surface area contributed by atoms with Gasteiger partial charge in [-0.25, -0.2) is 18.2 Å². The first-order valence-electron chi connectivity index (χ1n) is 18.3. The standard InChI is InChI=1S/C37H48N6O10S/c1-5-21-14-20(2)8-6-7-9-22-17-37(22,34(47)42-54(50,51)36(3)12-13-36)41-31(45)28-16-24(19-43(28)33(46)29(21)40-35(48)49)53-32-25-11-10-23(52-4)15-26(25)27(18-39-32)30(38)44/h7,9-11,15,18,20-22,24,28-29,40H,5-6,8,12-14,16-17,19H2,1-4H3,(H2,38,44)(H,41,45)(H,42,47)(H,48,49)/b9-7+/t20-,21-,22-,24-,28+,29+,37-/m1/s1. The van der Waals surface area contributed by atoms with Crippen molar-refractivity contribution < 1.29 is 47.0 Å².